The van der Waals surface area contributed by atoms with E-state index in [1.54, 1.807) is 6.92 Å². The first-order chi connectivity index (χ1) is 13.2. The molecule has 12 heteroatoms. The molecule has 2 aromatic rings. The van der Waals surface area contributed by atoms with Crippen LogP contribution in [-0.4, -0.2) is 34.8 Å². The molecule has 0 saturated heterocycles. The maximum Gasteiger partial charge on any atom is 0.433 e. The van der Waals surface area contributed by atoms with E-state index in [1.807, 2.05) is 0 Å². The van der Waals surface area contributed by atoms with E-state index in [9.17, 15) is 26.7 Å². The predicted molar refractivity (Wildman–Crippen MR) is 90.6 cm³/mol. The van der Waals surface area contributed by atoms with Crippen molar-refractivity contribution in [3.63, 3.8) is 0 Å². The summed E-state index contributed by atoms with van der Waals surface area (Å²) in [7, 11) is 0. The Kier molecular flexibility index (Phi) is 7.38. The Balaban J connectivity index is 2.00. The predicted octanol–water partition coefficient (Wildman–Crippen LogP) is 4.23. The zero-order valence-corrected chi connectivity index (χ0v) is 15.1. The van der Waals surface area contributed by atoms with Gasteiger partial charge in [0.15, 0.2) is 16.7 Å². The number of hydrogen-bond donors (Lipinski definition) is 1. The highest BCUT2D eigenvalue weighted by Crippen LogP contribution is 2.32. The zero-order chi connectivity index (χ0) is 20.7. The number of amides is 1. The quantitative estimate of drug-likeness (QED) is 0.389. The largest absolute Gasteiger partial charge is 0.490 e. The standard InChI is InChI=1S/C16H14F5N3O3S/c1-2-26-11-7-9(3-4-10(11)27-14(17)18)23-13(25)8-28-15-22-6-5-12(24-15)16(19,20)21/h3-7,14H,2,8H2,1H3,(H,23,25). The number of benzene rings is 1. The lowest BCUT2D eigenvalue weighted by Crippen LogP contribution is -2.15. The molecule has 1 aromatic carbocycles. The number of carbonyl (C=O) groups is 1. The third-order valence-electron chi connectivity index (χ3n) is 3.00. The molecule has 1 aromatic heterocycles. The summed E-state index contributed by atoms with van der Waals surface area (Å²) in [5.41, 5.74) is -0.873. The van der Waals surface area contributed by atoms with Gasteiger partial charge in [-0.3, -0.25) is 4.79 Å². The fourth-order valence-electron chi connectivity index (χ4n) is 1.94. The number of halogens is 5. The molecule has 1 N–H and O–H groups in total. The van der Waals surface area contributed by atoms with Crippen LogP contribution >= 0.6 is 11.8 Å². The van der Waals surface area contributed by atoms with Gasteiger partial charge in [-0.05, 0) is 25.1 Å². The molecule has 0 spiro atoms. The van der Waals surface area contributed by atoms with Gasteiger partial charge < -0.3 is 14.8 Å². The van der Waals surface area contributed by atoms with Crippen molar-refractivity contribution >= 4 is 23.4 Å². The van der Waals surface area contributed by atoms with Crippen LogP contribution in [0.3, 0.4) is 0 Å². The van der Waals surface area contributed by atoms with Crippen molar-refractivity contribution in [3.05, 3.63) is 36.2 Å². The molecule has 0 aliphatic carbocycles. The lowest BCUT2D eigenvalue weighted by molar-refractivity contribution is -0.141. The van der Waals surface area contributed by atoms with Crippen molar-refractivity contribution in [3.8, 4) is 11.5 Å². The molecule has 0 unspecified atom stereocenters. The van der Waals surface area contributed by atoms with Crippen molar-refractivity contribution in [1.29, 1.82) is 0 Å². The number of ether oxygens (including phenoxy) is 2. The molecule has 0 atom stereocenters. The van der Waals surface area contributed by atoms with Crippen LogP contribution in [0.2, 0.25) is 0 Å². The summed E-state index contributed by atoms with van der Waals surface area (Å²) in [6, 6.07) is 4.55. The smallest absolute Gasteiger partial charge is 0.433 e. The summed E-state index contributed by atoms with van der Waals surface area (Å²) in [4.78, 5) is 19.0. The van der Waals surface area contributed by atoms with Gasteiger partial charge in [-0.1, -0.05) is 11.8 Å². The normalized spacial score (nSPS) is 11.4. The SMILES string of the molecule is CCOc1cc(NC(=O)CSc2nccc(C(F)(F)F)n2)ccc1OC(F)F. The van der Waals surface area contributed by atoms with E-state index in [-0.39, 0.29) is 34.7 Å². The number of carbonyl (C=O) groups excluding carboxylic acids is 1. The second-order valence-electron chi connectivity index (χ2n) is 5.03. The summed E-state index contributed by atoms with van der Waals surface area (Å²) in [5.74, 6) is -1.01. The molecule has 6 nitrogen and oxygen atoms in total. The van der Waals surface area contributed by atoms with Crippen molar-refractivity contribution in [2.24, 2.45) is 0 Å². The Morgan fingerprint density at radius 3 is 2.64 bits per heavy atom. The Hall–Kier alpha value is -2.63. The van der Waals surface area contributed by atoms with Crippen molar-refractivity contribution < 1.29 is 36.2 Å². The number of thioether (sulfide) groups is 1. The fourth-order valence-corrected chi connectivity index (χ4v) is 2.57. The third kappa shape index (κ3) is 6.51. The van der Waals surface area contributed by atoms with Crippen LogP contribution in [0, 0.1) is 0 Å². The topological polar surface area (TPSA) is 73.3 Å². The van der Waals surface area contributed by atoms with Crippen LogP contribution in [0.15, 0.2) is 35.6 Å². The Morgan fingerprint density at radius 1 is 1.25 bits per heavy atom. The van der Waals surface area contributed by atoms with E-state index < -0.39 is 24.4 Å². The third-order valence-corrected chi connectivity index (χ3v) is 3.86. The van der Waals surface area contributed by atoms with Crippen LogP contribution in [0.4, 0.5) is 27.6 Å². The number of nitrogens with zero attached hydrogens (tertiary/aromatic N) is 2. The van der Waals surface area contributed by atoms with Crippen LogP contribution < -0.4 is 14.8 Å². The van der Waals surface area contributed by atoms with E-state index in [1.165, 1.54) is 18.2 Å². The fraction of sp³-hybridized carbons (Fsp3) is 0.312. The molecule has 0 radical (unpaired) electrons. The van der Waals surface area contributed by atoms with E-state index in [4.69, 9.17) is 4.74 Å². The first-order valence-corrected chi connectivity index (χ1v) is 8.72. The summed E-state index contributed by atoms with van der Waals surface area (Å²) < 4.78 is 72.1. The molecule has 0 aliphatic heterocycles. The summed E-state index contributed by atoms with van der Waals surface area (Å²) in [5, 5.41) is 2.27. The molecule has 2 rings (SSSR count). The van der Waals surface area contributed by atoms with E-state index in [2.05, 4.69) is 20.0 Å². The highest BCUT2D eigenvalue weighted by atomic mass is 32.2. The minimum absolute atomic E-state index is 0.00876. The van der Waals surface area contributed by atoms with E-state index in [0.717, 1.165) is 12.3 Å². The lowest BCUT2D eigenvalue weighted by Gasteiger charge is -2.13. The van der Waals surface area contributed by atoms with Gasteiger partial charge in [0, 0.05) is 18.0 Å². The summed E-state index contributed by atoms with van der Waals surface area (Å²) in [6.07, 6.45) is -3.66. The van der Waals surface area contributed by atoms with E-state index >= 15 is 0 Å². The van der Waals surface area contributed by atoms with Crippen molar-refractivity contribution in [1.82, 2.24) is 9.97 Å². The van der Waals surface area contributed by atoms with Gasteiger partial charge >= 0.3 is 12.8 Å². The molecule has 0 saturated carbocycles. The number of hydrogen-bond acceptors (Lipinski definition) is 6. The van der Waals surface area contributed by atoms with Gasteiger partial charge in [0.25, 0.3) is 0 Å². The Bertz CT molecular complexity index is 820. The highest BCUT2D eigenvalue weighted by Gasteiger charge is 2.32. The molecule has 152 valence electrons. The number of anilines is 1. The second-order valence-corrected chi connectivity index (χ2v) is 5.97. The average Bonchev–Trinajstić information content (AvgIpc) is 2.61. The summed E-state index contributed by atoms with van der Waals surface area (Å²) >= 11 is 0.715. The number of alkyl halides is 5. The molecule has 0 bridgehead atoms. The van der Waals surface area contributed by atoms with Crippen LogP contribution in [-0.2, 0) is 11.0 Å². The summed E-state index contributed by atoms with van der Waals surface area (Å²) in [6.45, 7) is -1.22. The molecule has 0 aliphatic rings. The Labute approximate surface area is 160 Å². The highest BCUT2D eigenvalue weighted by molar-refractivity contribution is 7.99. The maximum absolute atomic E-state index is 12.6. The van der Waals surface area contributed by atoms with E-state index in [0.29, 0.717) is 11.8 Å². The second kappa shape index (κ2) is 9.53. The molecular weight excluding hydrogens is 409 g/mol. The van der Waals surface area contributed by atoms with Gasteiger partial charge in [-0.25, -0.2) is 9.97 Å². The lowest BCUT2D eigenvalue weighted by atomic mass is 10.2. The van der Waals surface area contributed by atoms with Gasteiger partial charge in [0.05, 0.1) is 12.4 Å². The molecule has 0 fully saturated rings. The first-order valence-electron chi connectivity index (χ1n) is 7.73. The Morgan fingerprint density at radius 2 is 2.00 bits per heavy atom. The van der Waals surface area contributed by atoms with Gasteiger partial charge in [0.1, 0.15) is 5.69 Å². The number of nitrogens with one attached hydrogen (secondary N) is 1. The minimum atomic E-state index is -4.61. The van der Waals surface area contributed by atoms with Crippen molar-refractivity contribution in [2.45, 2.75) is 24.9 Å². The monoisotopic (exact) mass is 423 g/mol. The van der Waals surface area contributed by atoms with Gasteiger partial charge in [-0.2, -0.15) is 22.0 Å². The number of rotatable bonds is 8. The minimum Gasteiger partial charge on any atom is -0.490 e. The molecule has 1 heterocycles. The van der Waals surface area contributed by atoms with Crippen LogP contribution in [0.25, 0.3) is 0 Å². The van der Waals surface area contributed by atoms with Crippen LogP contribution in [0.1, 0.15) is 12.6 Å². The average molecular weight is 423 g/mol. The van der Waals surface area contributed by atoms with Crippen molar-refractivity contribution in [2.75, 3.05) is 17.7 Å². The zero-order valence-electron chi connectivity index (χ0n) is 14.3. The maximum atomic E-state index is 12.6. The van der Waals surface area contributed by atoms with Crippen LogP contribution in [0.5, 0.6) is 11.5 Å². The van der Waals surface area contributed by atoms with Gasteiger partial charge in [0.2, 0.25) is 5.91 Å². The molecule has 1 amide bonds. The molecular formula is C16H14F5N3O3S. The number of aromatic nitrogens is 2. The van der Waals surface area contributed by atoms with Gasteiger partial charge in [-0.15, -0.1) is 0 Å². The first kappa shape index (κ1) is 21.7. The molecule has 28 heavy (non-hydrogen) atoms.